The maximum atomic E-state index is 12.9. The van der Waals surface area contributed by atoms with Gasteiger partial charge in [-0.25, -0.2) is 0 Å². The third-order valence-corrected chi connectivity index (χ3v) is 6.52. The van der Waals surface area contributed by atoms with Crippen molar-refractivity contribution in [2.45, 2.75) is 20.5 Å². The number of thioether (sulfide) groups is 1. The Morgan fingerprint density at radius 1 is 0.972 bits per heavy atom. The number of halogens is 1. The molecule has 0 saturated carbocycles. The Balaban J connectivity index is 1.46. The van der Waals surface area contributed by atoms with Gasteiger partial charge in [-0.1, -0.05) is 59.6 Å². The lowest BCUT2D eigenvalue weighted by atomic mass is 10.1. The van der Waals surface area contributed by atoms with Gasteiger partial charge in [0.15, 0.2) is 11.5 Å². The van der Waals surface area contributed by atoms with E-state index in [0.29, 0.717) is 46.0 Å². The molecule has 0 radical (unpaired) electrons. The maximum absolute atomic E-state index is 12.9. The highest BCUT2D eigenvalue weighted by Gasteiger charge is 2.35. The molecular weight excluding hydrogens is 498 g/mol. The number of hydrogen-bond donors (Lipinski definition) is 0. The molecule has 0 aromatic heterocycles. The second-order valence-electron chi connectivity index (χ2n) is 8.03. The van der Waals surface area contributed by atoms with Gasteiger partial charge in [0.05, 0.1) is 23.1 Å². The first kappa shape index (κ1) is 25.7. The number of hydrogen-bond acceptors (Lipinski definition) is 6. The lowest BCUT2D eigenvalue weighted by Crippen LogP contribution is -2.32. The van der Waals surface area contributed by atoms with Crippen LogP contribution >= 0.6 is 23.4 Å². The maximum Gasteiger partial charge on any atom is 0.293 e. The summed E-state index contributed by atoms with van der Waals surface area (Å²) in [6, 6.07) is 20.7. The van der Waals surface area contributed by atoms with Crippen LogP contribution in [0.15, 0.2) is 71.6 Å². The summed E-state index contributed by atoms with van der Waals surface area (Å²) in [4.78, 5) is 26.8. The van der Waals surface area contributed by atoms with Crippen LogP contribution in [0.2, 0.25) is 5.02 Å². The molecular formula is C28H26ClNO5S. The van der Waals surface area contributed by atoms with Crippen LogP contribution < -0.4 is 14.2 Å². The first-order valence-electron chi connectivity index (χ1n) is 11.5. The molecule has 1 fully saturated rings. The first-order chi connectivity index (χ1) is 17.4. The summed E-state index contributed by atoms with van der Waals surface area (Å²) in [5, 5.41) is 0.0203. The largest absolute Gasteiger partial charge is 0.492 e. The monoisotopic (exact) mass is 523 g/mol. The van der Waals surface area contributed by atoms with E-state index in [-0.39, 0.29) is 24.3 Å². The molecule has 6 nitrogen and oxygen atoms in total. The number of para-hydroxylation sites is 1. The van der Waals surface area contributed by atoms with Gasteiger partial charge in [0.2, 0.25) is 0 Å². The molecule has 1 aliphatic heterocycles. The summed E-state index contributed by atoms with van der Waals surface area (Å²) in [5.41, 5.74) is 2.81. The Morgan fingerprint density at radius 2 is 1.72 bits per heavy atom. The van der Waals surface area contributed by atoms with Crippen LogP contribution in [0.4, 0.5) is 4.79 Å². The van der Waals surface area contributed by atoms with Crippen molar-refractivity contribution in [2.75, 3.05) is 19.8 Å². The normalized spacial score (nSPS) is 14.4. The minimum atomic E-state index is -0.365. The first-order valence-corrected chi connectivity index (χ1v) is 12.7. The number of rotatable bonds is 10. The summed E-state index contributed by atoms with van der Waals surface area (Å²) < 4.78 is 17.4. The molecule has 0 spiro atoms. The zero-order valence-corrected chi connectivity index (χ0v) is 21.6. The second kappa shape index (κ2) is 12.0. The lowest BCUT2D eigenvalue weighted by Gasteiger charge is -2.15. The highest BCUT2D eigenvalue weighted by atomic mass is 35.5. The second-order valence-corrected chi connectivity index (χ2v) is 9.43. The molecule has 0 N–H and O–H groups in total. The van der Waals surface area contributed by atoms with Gasteiger partial charge in [-0.15, -0.1) is 0 Å². The number of nitrogens with zero attached hydrogens (tertiary/aromatic N) is 1. The minimum absolute atomic E-state index is 0.160. The summed E-state index contributed by atoms with van der Waals surface area (Å²) in [6.07, 6.45) is 1.64. The molecule has 1 saturated heterocycles. The Hall–Kier alpha value is -3.42. The van der Waals surface area contributed by atoms with Gasteiger partial charge in [0.1, 0.15) is 19.0 Å². The smallest absolute Gasteiger partial charge is 0.293 e. The topological polar surface area (TPSA) is 65.1 Å². The van der Waals surface area contributed by atoms with E-state index in [9.17, 15) is 9.59 Å². The Kier molecular flexibility index (Phi) is 8.57. The highest BCUT2D eigenvalue weighted by Crippen LogP contribution is 2.39. The molecule has 3 aromatic rings. The molecule has 2 amide bonds. The van der Waals surface area contributed by atoms with E-state index in [4.69, 9.17) is 25.8 Å². The van der Waals surface area contributed by atoms with E-state index in [1.54, 1.807) is 18.2 Å². The third kappa shape index (κ3) is 6.42. The van der Waals surface area contributed by atoms with Crippen LogP contribution in [0.3, 0.4) is 0 Å². The molecule has 0 aliphatic carbocycles. The number of imide groups is 1. The quantitative estimate of drug-likeness (QED) is 0.274. The van der Waals surface area contributed by atoms with Crippen LogP contribution in [0.5, 0.6) is 17.2 Å². The summed E-state index contributed by atoms with van der Waals surface area (Å²) in [6.45, 7) is 5.02. The molecule has 4 rings (SSSR count). The zero-order chi connectivity index (χ0) is 25.5. The van der Waals surface area contributed by atoms with Gasteiger partial charge in [-0.3, -0.25) is 14.5 Å². The SMILES string of the molecule is CCOc1cc(/C=C2\SC(=O)N(CCOc3ccccc3)C2=O)cc(Cl)c1OCc1ccc(C)cc1. The number of benzene rings is 3. The van der Waals surface area contributed by atoms with E-state index in [2.05, 4.69) is 0 Å². The number of aryl methyl sites for hydroxylation is 1. The number of amides is 2. The number of carbonyl (C=O) groups excluding carboxylic acids is 2. The lowest BCUT2D eigenvalue weighted by molar-refractivity contribution is -0.123. The van der Waals surface area contributed by atoms with Gasteiger partial charge in [-0.05, 0) is 67.1 Å². The van der Waals surface area contributed by atoms with E-state index in [0.717, 1.165) is 17.3 Å². The summed E-state index contributed by atoms with van der Waals surface area (Å²) >= 11 is 7.44. The Morgan fingerprint density at radius 3 is 2.44 bits per heavy atom. The zero-order valence-electron chi connectivity index (χ0n) is 20.0. The highest BCUT2D eigenvalue weighted by molar-refractivity contribution is 8.18. The van der Waals surface area contributed by atoms with Crippen molar-refractivity contribution in [2.24, 2.45) is 0 Å². The van der Waals surface area contributed by atoms with Gasteiger partial charge in [0, 0.05) is 0 Å². The van der Waals surface area contributed by atoms with Crippen LogP contribution in [0.25, 0.3) is 6.08 Å². The van der Waals surface area contributed by atoms with Crippen molar-refractivity contribution in [3.63, 3.8) is 0 Å². The van der Waals surface area contributed by atoms with Crippen LogP contribution in [0.1, 0.15) is 23.6 Å². The van der Waals surface area contributed by atoms with Gasteiger partial charge >= 0.3 is 0 Å². The fourth-order valence-corrected chi connectivity index (χ4v) is 4.67. The fourth-order valence-electron chi connectivity index (χ4n) is 3.53. The van der Waals surface area contributed by atoms with E-state index in [1.807, 2.05) is 68.4 Å². The minimum Gasteiger partial charge on any atom is -0.492 e. The number of carbonyl (C=O) groups is 2. The van der Waals surface area contributed by atoms with Crippen LogP contribution in [-0.2, 0) is 11.4 Å². The van der Waals surface area contributed by atoms with E-state index >= 15 is 0 Å². The predicted molar refractivity (Wildman–Crippen MR) is 143 cm³/mol. The molecule has 0 unspecified atom stereocenters. The van der Waals surface area contributed by atoms with Crippen molar-refractivity contribution in [1.82, 2.24) is 4.90 Å². The van der Waals surface area contributed by atoms with Crippen molar-refractivity contribution < 1.29 is 23.8 Å². The molecule has 186 valence electrons. The summed E-state index contributed by atoms with van der Waals surface area (Å²) in [5.74, 6) is 1.22. The average Bonchev–Trinajstić information content (AvgIpc) is 3.13. The molecule has 3 aromatic carbocycles. The van der Waals surface area contributed by atoms with Crippen molar-refractivity contribution in [1.29, 1.82) is 0 Å². The molecule has 8 heteroatoms. The predicted octanol–water partition coefficient (Wildman–Crippen LogP) is 6.74. The molecule has 1 aliphatic rings. The Labute approximate surface area is 219 Å². The van der Waals surface area contributed by atoms with Gasteiger partial charge in [0.25, 0.3) is 11.1 Å². The molecule has 36 heavy (non-hydrogen) atoms. The van der Waals surface area contributed by atoms with E-state index in [1.165, 1.54) is 10.5 Å². The summed E-state index contributed by atoms with van der Waals surface area (Å²) in [7, 11) is 0. The number of ether oxygens (including phenoxy) is 3. The molecule has 0 bridgehead atoms. The van der Waals surface area contributed by atoms with Gasteiger partial charge < -0.3 is 14.2 Å². The van der Waals surface area contributed by atoms with Gasteiger partial charge in [-0.2, -0.15) is 0 Å². The third-order valence-electron chi connectivity index (χ3n) is 5.33. The average molecular weight is 524 g/mol. The van der Waals surface area contributed by atoms with Crippen LogP contribution in [0, 0.1) is 6.92 Å². The molecule has 1 heterocycles. The van der Waals surface area contributed by atoms with Crippen LogP contribution in [-0.4, -0.2) is 35.8 Å². The fraction of sp³-hybridized carbons (Fsp3) is 0.214. The Bertz CT molecular complexity index is 1260. The van der Waals surface area contributed by atoms with Crippen molar-refractivity contribution >= 4 is 40.6 Å². The molecule has 0 atom stereocenters. The van der Waals surface area contributed by atoms with Crippen molar-refractivity contribution in [3.05, 3.63) is 93.3 Å². The standard InChI is InChI=1S/C28H26ClNO5S/c1-3-33-24-16-21(15-23(29)26(24)35-18-20-11-9-19(2)10-12-20)17-25-27(31)30(28(32)36-25)13-14-34-22-7-5-4-6-8-22/h4-12,15-17H,3,13-14,18H2,1-2H3/b25-17-. The van der Waals surface area contributed by atoms with Crippen molar-refractivity contribution in [3.8, 4) is 17.2 Å². The van der Waals surface area contributed by atoms with E-state index < -0.39 is 0 Å².